The van der Waals surface area contributed by atoms with E-state index in [-0.39, 0.29) is 11.3 Å². The molecule has 0 saturated heterocycles. The fourth-order valence-electron chi connectivity index (χ4n) is 1.68. The molecule has 3 nitrogen and oxygen atoms in total. The van der Waals surface area contributed by atoms with Crippen LogP contribution in [0.2, 0.25) is 0 Å². The summed E-state index contributed by atoms with van der Waals surface area (Å²) in [6.07, 6.45) is 3.76. The SMILES string of the molecule is COc1c(C=O)ccc(F)c1-c1ccncc1. The second-order valence-corrected chi connectivity index (χ2v) is 3.40. The molecule has 0 saturated carbocycles. The van der Waals surface area contributed by atoms with E-state index in [1.54, 1.807) is 24.5 Å². The first-order chi connectivity index (χ1) is 8.27. The van der Waals surface area contributed by atoms with E-state index in [0.29, 0.717) is 17.4 Å². The number of halogens is 1. The lowest BCUT2D eigenvalue weighted by Crippen LogP contribution is -1.96. The summed E-state index contributed by atoms with van der Waals surface area (Å²) in [5, 5.41) is 0. The van der Waals surface area contributed by atoms with Gasteiger partial charge in [0.15, 0.2) is 6.29 Å². The molecule has 2 aromatic rings. The Morgan fingerprint density at radius 3 is 2.53 bits per heavy atom. The molecule has 0 amide bonds. The van der Waals surface area contributed by atoms with Crippen molar-refractivity contribution in [2.75, 3.05) is 7.11 Å². The Labute approximate surface area is 97.9 Å². The Morgan fingerprint density at radius 2 is 1.94 bits per heavy atom. The van der Waals surface area contributed by atoms with Crippen LogP contribution in [0, 0.1) is 5.82 Å². The van der Waals surface area contributed by atoms with Crippen molar-refractivity contribution in [3.8, 4) is 16.9 Å². The number of pyridine rings is 1. The van der Waals surface area contributed by atoms with Crippen LogP contribution in [0.4, 0.5) is 4.39 Å². The molecule has 4 heteroatoms. The zero-order valence-corrected chi connectivity index (χ0v) is 9.18. The number of ether oxygens (including phenoxy) is 1. The number of carbonyl (C=O) groups excluding carboxylic acids is 1. The van der Waals surface area contributed by atoms with Crippen LogP contribution in [0.25, 0.3) is 11.1 Å². The number of nitrogens with zero attached hydrogens (tertiary/aromatic N) is 1. The Hall–Kier alpha value is -2.23. The summed E-state index contributed by atoms with van der Waals surface area (Å²) >= 11 is 0. The summed E-state index contributed by atoms with van der Waals surface area (Å²) in [7, 11) is 1.41. The van der Waals surface area contributed by atoms with E-state index < -0.39 is 5.82 Å². The van der Waals surface area contributed by atoms with Crippen molar-refractivity contribution >= 4 is 6.29 Å². The number of hydrogen-bond donors (Lipinski definition) is 0. The highest BCUT2D eigenvalue weighted by Gasteiger charge is 2.15. The van der Waals surface area contributed by atoms with Crippen LogP contribution in [0.3, 0.4) is 0 Å². The third-order valence-electron chi connectivity index (χ3n) is 2.44. The molecular formula is C13H10FNO2. The Kier molecular flexibility index (Phi) is 3.14. The number of rotatable bonds is 3. The third-order valence-corrected chi connectivity index (χ3v) is 2.44. The van der Waals surface area contributed by atoms with Crippen molar-refractivity contribution in [2.45, 2.75) is 0 Å². The van der Waals surface area contributed by atoms with Gasteiger partial charge in [0.2, 0.25) is 0 Å². The summed E-state index contributed by atoms with van der Waals surface area (Å²) in [6.45, 7) is 0. The monoisotopic (exact) mass is 231 g/mol. The van der Waals surface area contributed by atoms with Gasteiger partial charge in [0.1, 0.15) is 11.6 Å². The first kappa shape index (κ1) is 11.3. The van der Waals surface area contributed by atoms with Gasteiger partial charge in [-0.15, -0.1) is 0 Å². The highest BCUT2D eigenvalue weighted by atomic mass is 19.1. The minimum atomic E-state index is -0.432. The van der Waals surface area contributed by atoms with Gasteiger partial charge in [-0.25, -0.2) is 4.39 Å². The lowest BCUT2D eigenvalue weighted by Gasteiger charge is -2.11. The predicted octanol–water partition coefficient (Wildman–Crippen LogP) is 2.71. The van der Waals surface area contributed by atoms with Crippen LogP contribution in [0.15, 0.2) is 36.7 Å². The summed E-state index contributed by atoms with van der Waals surface area (Å²) in [6, 6.07) is 5.97. The standard InChI is InChI=1S/C13H10FNO2/c1-17-13-10(8-16)2-3-11(14)12(13)9-4-6-15-7-5-9/h2-8H,1H3. The average molecular weight is 231 g/mol. The Morgan fingerprint density at radius 1 is 1.24 bits per heavy atom. The molecule has 17 heavy (non-hydrogen) atoms. The zero-order valence-electron chi connectivity index (χ0n) is 9.18. The van der Waals surface area contributed by atoms with Crippen LogP contribution < -0.4 is 4.74 Å². The van der Waals surface area contributed by atoms with Crippen molar-refractivity contribution in [1.82, 2.24) is 4.98 Å². The molecule has 0 atom stereocenters. The van der Waals surface area contributed by atoms with E-state index in [1.165, 1.54) is 19.2 Å². The second kappa shape index (κ2) is 4.74. The van der Waals surface area contributed by atoms with E-state index >= 15 is 0 Å². The molecule has 0 bridgehead atoms. The molecule has 0 unspecified atom stereocenters. The number of aldehydes is 1. The molecule has 0 N–H and O–H groups in total. The maximum absolute atomic E-state index is 13.8. The highest BCUT2D eigenvalue weighted by molar-refractivity contribution is 5.86. The number of hydrogen-bond acceptors (Lipinski definition) is 3. The van der Waals surface area contributed by atoms with E-state index in [4.69, 9.17) is 4.74 Å². The van der Waals surface area contributed by atoms with Crippen molar-refractivity contribution in [3.63, 3.8) is 0 Å². The van der Waals surface area contributed by atoms with Crippen molar-refractivity contribution in [1.29, 1.82) is 0 Å². The van der Waals surface area contributed by atoms with Crippen molar-refractivity contribution < 1.29 is 13.9 Å². The summed E-state index contributed by atoms with van der Waals surface area (Å²) in [5.74, 6) is -0.190. The average Bonchev–Trinajstić information content (AvgIpc) is 2.39. The molecule has 0 aliphatic heterocycles. The van der Waals surface area contributed by atoms with Crippen LogP contribution in [-0.4, -0.2) is 18.4 Å². The van der Waals surface area contributed by atoms with Gasteiger partial charge in [0.25, 0.3) is 0 Å². The normalized spacial score (nSPS) is 10.0. The Bertz CT molecular complexity index is 541. The maximum Gasteiger partial charge on any atom is 0.153 e. The molecule has 86 valence electrons. The molecule has 0 spiro atoms. The van der Waals surface area contributed by atoms with Gasteiger partial charge >= 0.3 is 0 Å². The zero-order chi connectivity index (χ0) is 12.3. The van der Waals surface area contributed by atoms with Crippen LogP contribution in [0.1, 0.15) is 10.4 Å². The second-order valence-electron chi connectivity index (χ2n) is 3.40. The fourth-order valence-corrected chi connectivity index (χ4v) is 1.68. The third kappa shape index (κ3) is 2.01. The smallest absolute Gasteiger partial charge is 0.153 e. The summed E-state index contributed by atoms with van der Waals surface area (Å²) in [4.78, 5) is 14.7. The molecule has 0 radical (unpaired) electrons. The summed E-state index contributed by atoms with van der Waals surface area (Å²) < 4.78 is 18.9. The lowest BCUT2D eigenvalue weighted by molar-refractivity contribution is 0.112. The first-order valence-corrected chi connectivity index (χ1v) is 5.00. The largest absolute Gasteiger partial charge is 0.495 e. The Balaban J connectivity index is 2.71. The molecule has 0 aliphatic carbocycles. The van der Waals surface area contributed by atoms with Gasteiger partial charge in [-0.1, -0.05) is 0 Å². The van der Waals surface area contributed by atoms with Gasteiger partial charge in [0.05, 0.1) is 18.2 Å². The van der Waals surface area contributed by atoms with Gasteiger partial charge in [0, 0.05) is 12.4 Å². The molecular weight excluding hydrogens is 221 g/mol. The van der Waals surface area contributed by atoms with Crippen LogP contribution in [-0.2, 0) is 0 Å². The van der Waals surface area contributed by atoms with E-state index in [2.05, 4.69) is 4.98 Å². The van der Waals surface area contributed by atoms with Crippen LogP contribution in [0.5, 0.6) is 5.75 Å². The van der Waals surface area contributed by atoms with E-state index in [0.717, 1.165) is 0 Å². The quantitative estimate of drug-likeness (QED) is 0.762. The van der Waals surface area contributed by atoms with Gasteiger partial charge in [-0.2, -0.15) is 0 Å². The number of carbonyl (C=O) groups is 1. The molecule has 1 heterocycles. The number of benzene rings is 1. The highest BCUT2D eigenvalue weighted by Crippen LogP contribution is 2.34. The van der Waals surface area contributed by atoms with Gasteiger partial charge in [-0.3, -0.25) is 9.78 Å². The molecule has 1 aromatic heterocycles. The molecule has 1 aromatic carbocycles. The van der Waals surface area contributed by atoms with Crippen LogP contribution >= 0.6 is 0 Å². The summed E-state index contributed by atoms with van der Waals surface area (Å²) in [5.41, 5.74) is 1.22. The van der Waals surface area contributed by atoms with Crippen molar-refractivity contribution in [3.05, 3.63) is 48.0 Å². The van der Waals surface area contributed by atoms with Gasteiger partial charge < -0.3 is 4.74 Å². The van der Waals surface area contributed by atoms with E-state index in [1.807, 2.05) is 0 Å². The minimum Gasteiger partial charge on any atom is -0.495 e. The first-order valence-electron chi connectivity index (χ1n) is 5.00. The van der Waals surface area contributed by atoms with Crippen molar-refractivity contribution in [2.24, 2.45) is 0 Å². The molecule has 0 aliphatic rings. The molecule has 2 rings (SSSR count). The topological polar surface area (TPSA) is 39.2 Å². The fraction of sp³-hybridized carbons (Fsp3) is 0.0769. The minimum absolute atomic E-state index is 0.242. The van der Waals surface area contributed by atoms with Gasteiger partial charge in [-0.05, 0) is 29.8 Å². The molecule has 0 fully saturated rings. The number of aromatic nitrogens is 1. The number of methoxy groups -OCH3 is 1. The lowest BCUT2D eigenvalue weighted by atomic mass is 10.0. The van der Waals surface area contributed by atoms with E-state index in [9.17, 15) is 9.18 Å². The predicted molar refractivity (Wildman–Crippen MR) is 61.6 cm³/mol. The maximum atomic E-state index is 13.8.